The zero-order valence-electron chi connectivity index (χ0n) is 15.8. The van der Waals surface area contributed by atoms with Gasteiger partial charge in [0.15, 0.2) is 0 Å². The Bertz CT molecular complexity index is 929. The van der Waals surface area contributed by atoms with Crippen LogP contribution in [-0.2, 0) is 11.3 Å². The average Bonchev–Trinajstić information content (AvgIpc) is 2.99. The first kappa shape index (κ1) is 18.4. The normalized spacial score (nSPS) is 10.9. The summed E-state index contributed by atoms with van der Waals surface area (Å²) >= 11 is 0. The predicted octanol–water partition coefficient (Wildman–Crippen LogP) is 3.42. The van der Waals surface area contributed by atoms with Crippen LogP contribution in [0.5, 0.6) is 0 Å². The SMILES string of the molecule is Cc1cc(C)n(CC(=O)NN=Cc2ccc(N(C)c3ccccc3)cc2)n1. The Morgan fingerprint density at radius 2 is 1.78 bits per heavy atom. The highest BCUT2D eigenvalue weighted by Crippen LogP contribution is 2.22. The monoisotopic (exact) mass is 361 g/mol. The molecule has 1 amide bonds. The van der Waals surface area contributed by atoms with E-state index in [1.165, 1.54) is 0 Å². The molecule has 27 heavy (non-hydrogen) atoms. The lowest BCUT2D eigenvalue weighted by atomic mass is 10.2. The summed E-state index contributed by atoms with van der Waals surface area (Å²) in [6.45, 7) is 3.97. The zero-order valence-corrected chi connectivity index (χ0v) is 15.8. The molecule has 0 spiro atoms. The second-order valence-electron chi connectivity index (χ2n) is 6.36. The number of nitrogens with zero attached hydrogens (tertiary/aromatic N) is 4. The number of carbonyl (C=O) groups excluding carboxylic acids is 1. The minimum absolute atomic E-state index is 0.151. The molecule has 138 valence electrons. The fraction of sp³-hybridized carbons (Fsp3) is 0.190. The summed E-state index contributed by atoms with van der Waals surface area (Å²) in [7, 11) is 2.03. The van der Waals surface area contributed by atoms with Gasteiger partial charge in [0.2, 0.25) is 0 Å². The van der Waals surface area contributed by atoms with Gasteiger partial charge in [-0.1, -0.05) is 30.3 Å². The fourth-order valence-corrected chi connectivity index (χ4v) is 2.77. The van der Waals surface area contributed by atoms with Crippen LogP contribution in [0.1, 0.15) is 17.0 Å². The largest absolute Gasteiger partial charge is 0.345 e. The van der Waals surface area contributed by atoms with Gasteiger partial charge in [0.25, 0.3) is 5.91 Å². The molecule has 2 aromatic carbocycles. The molecule has 0 unspecified atom stereocenters. The summed E-state index contributed by atoms with van der Waals surface area (Å²) in [5.74, 6) is -0.210. The molecule has 0 radical (unpaired) electrons. The Morgan fingerprint density at radius 3 is 2.41 bits per heavy atom. The van der Waals surface area contributed by atoms with Crippen molar-refractivity contribution in [2.45, 2.75) is 20.4 Å². The summed E-state index contributed by atoms with van der Waals surface area (Å²) in [6, 6.07) is 20.1. The van der Waals surface area contributed by atoms with Crippen molar-refractivity contribution in [3.8, 4) is 0 Å². The maximum Gasteiger partial charge on any atom is 0.261 e. The topological polar surface area (TPSA) is 62.5 Å². The predicted molar refractivity (Wildman–Crippen MR) is 108 cm³/mol. The molecule has 6 heteroatoms. The van der Waals surface area contributed by atoms with E-state index in [4.69, 9.17) is 0 Å². The molecule has 6 nitrogen and oxygen atoms in total. The van der Waals surface area contributed by atoms with E-state index in [-0.39, 0.29) is 12.5 Å². The molecule has 0 saturated heterocycles. The Morgan fingerprint density at radius 1 is 1.11 bits per heavy atom. The second-order valence-corrected chi connectivity index (χ2v) is 6.36. The lowest BCUT2D eigenvalue weighted by Crippen LogP contribution is -2.24. The molecule has 0 aliphatic carbocycles. The minimum Gasteiger partial charge on any atom is -0.345 e. The maximum atomic E-state index is 12.0. The van der Waals surface area contributed by atoms with Crippen molar-refractivity contribution < 1.29 is 4.79 Å². The molecule has 0 fully saturated rings. The third kappa shape index (κ3) is 4.82. The van der Waals surface area contributed by atoms with Gasteiger partial charge in [0, 0.05) is 24.1 Å². The van der Waals surface area contributed by atoms with Crippen molar-refractivity contribution in [1.82, 2.24) is 15.2 Å². The van der Waals surface area contributed by atoms with E-state index in [0.29, 0.717) is 0 Å². The van der Waals surface area contributed by atoms with E-state index in [9.17, 15) is 4.79 Å². The van der Waals surface area contributed by atoms with E-state index >= 15 is 0 Å². The van der Waals surface area contributed by atoms with Gasteiger partial charge in [0.1, 0.15) is 6.54 Å². The van der Waals surface area contributed by atoms with E-state index in [0.717, 1.165) is 28.3 Å². The number of aromatic nitrogens is 2. The summed E-state index contributed by atoms with van der Waals surface area (Å²) in [5, 5.41) is 8.29. The van der Waals surface area contributed by atoms with E-state index in [1.54, 1.807) is 10.9 Å². The summed E-state index contributed by atoms with van der Waals surface area (Å²) < 4.78 is 1.66. The number of amides is 1. The number of carbonyl (C=O) groups is 1. The number of para-hydroxylation sites is 1. The lowest BCUT2D eigenvalue weighted by Gasteiger charge is -2.19. The molecule has 1 N–H and O–H groups in total. The van der Waals surface area contributed by atoms with Gasteiger partial charge >= 0.3 is 0 Å². The number of rotatable bonds is 6. The highest BCUT2D eigenvalue weighted by molar-refractivity contribution is 5.83. The number of hydrazone groups is 1. The van der Waals surface area contributed by atoms with Gasteiger partial charge in [-0.25, -0.2) is 5.43 Å². The van der Waals surface area contributed by atoms with Crippen LogP contribution in [0.25, 0.3) is 0 Å². The Labute approximate surface area is 159 Å². The number of hydrogen-bond acceptors (Lipinski definition) is 4. The number of hydrogen-bond donors (Lipinski definition) is 1. The minimum atomic E-state index is -0.210. The quantitative estimate of drug-likeness (QED) is 0.540. The van der Waals surface area contributed by atoms with Crippen molar-refractivity contribution in [1.29, 1.82) is 0 Å². The number of aryl methyl sites for hydroxylation is 2. The van der Waals surface area contributed by atoms with E-state index in [1.807, 2.05) is 69.4 Å². The molecule has 1 heterocycles. The first-order chi connectivity index (χ1) is 13.0. The van der Waals surface area contributed by atoms with Gasteiger partial charge in [-0.3, -0.25) is 9.48 Å². The Balaban J connectivity index is 1.56. The van der Waals surface area contributed by atoms with Crippen LogP contribution in [-0.4, -0.2) is 28.9 Å². The standard InChI is InChI=1S/C21H23N5O/c1-16-13-17(2)26(24-16)15-21(27)23-22-14-18-9-11-20(12-10-18)25(3)19-7-5-4-6-8-19/h4-14H,15H2,1-3H3,(H,23,27). The number of anilines is 2. The van der Waals surface area contributed by atoms with E-state index < -0.39 is 0 Å². The second kappa shape index (κ2) is 8.31. The van der Waals surface area contributed by atoms with Crippen LogP contribution < -0.4 is 10.3 Å². The zero-order chi connectivity index (χ0) is 19.2. The van der Waals surface area contributed by atoms with Gasteiger partial charge < -0.3 is 4.90 Å². The smallest absolute Gasteiger partial charge is 0.261 e. The van der Waals surface area contributed by atoms with Crippen molar-refractivity contribution in [2.24, 2.45) is 5.10 Å². The molecule has 3 rings (SSSR count). The van der Waals surface area contributed by atoms with Gasteiger partial charge in [-0.2, -0.15) is 10.2 Å². The van der Waals surface area contributed by atoms with Crippen molar-refractivity contribution >= 4 is 23.5 Å². The Hall–Kier alpha value is -3.41. The fourth-order valence-electron chi connectivity index (χ4n) is 2.77. The number of nitrogens with one attached hydrogen (secondary N) is 1. The van der Waals surface area contributed by atoms with Gasteiger partial charge in [-0.05, 0) is 49.7 Å². The first-order valence-electron chi connectivity index (χ1n) is 8.75. The van der Waals surface area contributed by atoms with Gasteiger partial charge in [0.05, 0.1) is 11.9 Å². The summed E-state index contributed by atoms with van der Waals surface area (Å²) in [5.41, 5.74) is 7.49. The highest BCUT2D eigenvalue weighted by Gasteiger charge is 2.06. The molecule has 0 aliphatic heterocycles. The van der Waals surface area contributed by atoms with Crippen LogP contribution in [0.15, 0.2) is 65.8 Å². The third-order valence-electron chi connectivity index (χ3n) is 4.22. The molecular weight excluding hydrogens is 338 g/mol. The van der Waals surface area contributed by atoms with E-state index in [2.05, 4.69) is 32.7 Å². The van der Waals surface area contributed by atoms with Crippen LogP contribution in [0.2, 0.25) is 0 Å². The van der Waals surface area contributed by atoms with Crippen LogP contribution in [0.4, 0.5) is 11.4 Å². The molecule has 0 atom stereocenters. The molecule has 0 aliphatic rings. The average molecular weight is 361 g/mol. The van der Waals surface area contributed by atoms with Gasteiger partial charge in [-0.15, -0.1) is 0 Å². The molecule has 3 aromatic rings. The van der Waals surface area contributed by atoms with Crippen molar-refractivity contribution in [2.75, 3.05) is 11.9 Å². The summed E-state index contributed by atoms with van der Waals surface area (Å²) in [4.78, 5) is 14.1. The van der Waals surface area contributed by atoms with Crippen LogP contribution in [0, 0.1) is 13.8 Å². The Kier molecular flexibility index (Phi) is 5.66. The highest BCUT2D eigenvalue weighted by atomic mass is 16.2. The summed E-state index contributed by atoms with van der Waals surface area (Å²) in [6.07, 6.45) is 1.63. The van der Waals surface area contributed by atoms with Crippen molar-refractivity contribution in [3.63, 3.8) is 0 Å². The maximum absolute atomic E-state index is 12.0. The molecule has 0 bridgehead atoms. The lowest BCUT2D eigenvalue weighted by molar-refractivity contribution is -0.121. The third-order valence-corrected chi connectivity index (χ3v) is 4.22. The first-order valence-corrected chi connectivity index (χ1v) is 8.75. The molecular formula is C21H23N5O. The molecule has 1 aromatic heterocycles. The molecule has 0 saturated carbocycles. The number of benzene rings is 2. The van der Waals surface area contributed by atoms with Crippen LogP contribution in [0.3, 0.4) is 0 Å². The van der Waals surface area contributed by atoms with Crippen LogP contribution >= 0.6 is 0 Å². The van der Waals surface area contributed by atoms with Crippen molar-refractivity contribution in [3.05, 3.63) is 77.6 Å².